The minimum absolute atomic E-state index is 0.293. The summed E-state index contributed by atoms with van der Waals surface area (Å²) in [6, 6.07) is 0. The number of hydrogen-bond donors (Lipinski definition) is 0. The Balaban J connectivity index is 3.35. The summed E-state index contributed by atoms with van der Waals surface area (Å²) in [7, 11) is 0. The molecule has 0 saturated carbocycles. The van der Waals surface area contributed by atoms with Crippen LogP contribution in [0.15, 0.2) is 0 Å². The summed E-state index contributed by atoms with van der Waals surface area (Å²) >= 11 is 0.293. The predicted octanol–water partition coefficient (Wildman–Crippen LogP) is 1.69. The van der Waals surface area contributed by atoms with Gasteiger partial charge in [-0.1, -0.05) is 0 Å². The molecule has 0 aliphatic rings. The average molecular weight is 190 g/mol. The lowest BCUT2D eigenvalue weighted by atomic mass is 10.6. The SMILES string of the molecule is CC(C=O)SOOC(F)(F)F. The maximum Gasteiger partial charge on any atom is 0.550 e. The van der Waals surface area contributed by atoms with Crippen LogP contribution in [-0.2, 0) is 14.0 Å². The lowest BCUT2D eigenvalue weighted by Gasteiger charge is -2.05. The molecule has 0 amide bonds. The molecule has 0 aromatic heterocycles. The van der Waals surface area contributed by atoms with Crippen molar-refractivity contribution in [2.45, 2.75) is 18.5 Å². The van der Waals surface area contributed by atoms with Gasteiger partial charge in [0.15, 0.2) is 0 Å². The van der Waals surface area contributed by atoms with Crippen molar-refractivity contribution in [2.75, 3.05) is 0 Å². The Hall–Kier alpha value is -0.270. The van der Waals surface area contributed by atoms with Crippen molar-refractivity contribution in [1.82, 2.24) is 0 Å². The second kappa shape index (κ2) is 4.58. The lowest BCUT2D eigenvalue weighted by Crippen LogP contribution is -2.12. The van der Waals surface area contributed by atoms with E-state index in [1.54, 1.807) is 0 Å². The van der Waals surface area contributed by atoms with Crippen LogP contribution in [0.25, 0.3) is 0 Å². The third kappa shape index (κ3) is 7.63. The van der Waals surface area contributed by atoms with Gasteiger partial charge < -0.3 is 4.79 Å². The van der Waals surface area contributed by atoms with E-state index in [4.69, 9.17) is 0 Å². The van der Waals surface area contributed by atoms with Gasteiger partial charge in [0.25, 0.3) is 0 Å². The van der Waals surface area contributed by atoms with Gasteiger partial charge in [0, 0.05) is 12.0 Å². The molecule has 0 N–H and O–H groups in total. The molecule has 66 valence electrons. The number of aldehydes is 1. The fourth-order valence-electron chi connectivity index (χ4n) is 0.143. The number of carbonyl (C=O) groups is 1. The fourth-order valence-corrected chi connectivity index (χ4v) is 0.429. The maximum atomic E-state index is 11.2. The monoisotopic (exact) mass is 190 g/mol. The molecule has 1 atom stereocenters. The Morgan fingerprint density at radius 1 is 1.55 bits per heavy atom. The number of halogens is 3. The summed E-state index contributed by atoms with van der Waals surface area (Å²) < 4.78 is 37.1. The van der Waals surface area contributed by atoms with Crippen LogP contribution < -0.4 is 0 Å². The van der Waals surface area contributed by atoms with E-state index in [0.717, 1.165) is 0 Å². The number of alkyl halides is 3. The Labute approximate surface area is 65.0 Å². The van der Waals surface area contributed by atoms with Gasteiger partial charge in [-0.3, -0.25) is 0 Å². The molecular weight excluding hydrogens is 185 g/mol. The summed E-state index contributed by atoms with van der Waals surface area (Å²) in [6.45, 7) is 1.37. The molecule has 0 aliphatic heterocycles. The summed E-state index contributed by atoms with van der Waals surface area (Å²) in [5, 5.41) is -0.683. The van der Waals surface area contributed by atoms with E-state index in [1.165, 1.54) is 6.92 Å². The molecule has 0 fully saturated rings. The van der Waals surface area contributed by atoms with E-state index in [2.05, 4.69) is 9.22 Å². The van der Waals surface area contributed by atoms with Crippen LogP contribution in [-0.4, -0.2) is 17.9 Å². The molecule has 7 heteroatoms. The topological polar surface area (TPSA) is 35.5 Å². The normalized spacial score (nSPS) is 14.5. The highest BCUT2D eigenvalue weighted by Gasteiger charge is 2.31. The third-order valence-corrected chi connectivity index (χ3v) is 1.07. The highest BCUT2D eigenvalue weighted by Crippen LogP contribution is 2.21. The lowest BCUT2D eigenvalue weighted by molar-refractivity contribution is -0.440. The molecule has 0 rings (SSSR count). The molecule has 11 heavy (non-hydrogen) atoms. The van der Waals surface area contributed by atoms with Gasteiger partial charge in [-0.05, 0) is 6.92 Å². The molecule has 0 aliphatic carbocycles. The van der Waals surface area contributed by atoms with Crippen LogP contribution in [0.1, 0.15) is 6.92 Å². The Morgan fingerprint density at radius 3 is 2.45 bits per heavy atom. The number of hydrogen-bond acceptors (Lipinski definition) is 4. The van der Waals surface area contributed by atoms with Crippen LogP contribution in [0.5, 0.6) is 0 Å². The summed E-state index contributed by atoms with van der Waals surface area (Å²) in [4.78, 5) is 12.7. The molecule has 0 bridgehead atoms. The zero-order chi connectivity index (χ0) is 8.91. The third-order valence-electron chi connectivity index (χ3n) is 0.511. The first kappa shape index (κ1) is 10.7. The number of rotatable bonds is 4. The standard InChI is InChI=1S/C4H5F3O3S/c1-3(2-8)11-10-9-4(5,6)7/h2-3H,1H3. The van der Waals surface area contributed by atoms with Crippen molar-refractivity contribution < 1.29 is 27.2 Å². The molecular formula is C4H5F3O3S. The van der Waals surface area contributed by atoms with Crippen molar-refractivity contribution in [2.24, 2.45) is 0 Å². The molecule has 1 unspecified atom stereocenters. The Morgan fingerprint density at radius 2 is 2.09 bits per heavy atom. The largest absolute Gasteiger partial charge is 0.550 e. The van der Waals surface area contributed by atoms with Gasteiger partial charge in [-0.25, -0.2) is 0 Å². The van der Waals surface area contributed by atoms with Crippen molar-refractivity contribution in [3.8, 4) is 0 Å². The van der Waals surface area contributed by atoms with E-state index < -0.39 is 11.6 Å². The molecule has 0 heterocycles. The maximum absolute atomic E-state index is 11.2. The minimum Gasteiger partial charge on any atom is -0.302 e. The summed E-state index contributed by atoms with van der Waals surface area (Å²) in [5.41, 5.74) is 0. The minimum atomic E-state index is -4.82. The first-order chi connectivity index (χ1) is 4.95. The van der Waals surface area contributed by atoms with Crippen molar-refractivity contribution in [1.29, 1.82) is 0 Å². The first-order valence-electron chi connectivity index (χ1n) is 2.49. The van der Waals surface area contributed by atoms with Gasteiger partial charge in [0.2, 0.25) is 0 Å². The zero-order valence-electron chi connectivity index (χ0n) is 5.42. The highest BCUT2D eigenvalue weighted by molar-refractivity contribution is 7.95. The quantitative estimate of drug-likeness (QED) is 0.292. The van der Waals surface area contributed by atoms with Crippen LogP contribution in [0.4, 0.5) is 13.2 Å². The molecule has 3 nitrogen and oxygen atoms in total. The Kier molecular flexibility index (Phi) is 4.46. The van der Waals surface area contributed by atoms with Gasteiger partial charge in [-0.15, -0.1) is 18.1 Å². The van der Waals surface area contributed by atoms with Crippen LogP contribution in [0.3, 0.4) is 0 Å². The zero-order valence-corrected chi connectivity index (χ0v) is 6.24. The van der Waals surface area contributed by atoms with E-state index in [1.807, 2.05) is 0 Å². The smallest absolute Gasteiger partial charge is 0.302 e. The molecule has 0 radical (unpaired) electrons. The Bertz CT molecular complexity index is 126. The molecule has 0 aromatic carbocycles. The van der Waals surface area contributed by atoms with Gasteiger partial charge >= 0.3 is 6.36 Å². The van der Waals surface area contributed by atoms with Gasteiger partial charge in [0.05, 0.1) is 5.25 Å². The molecule has 0 saturated heterocycles. The van der Waals surface area contributed by atoms with Crippen LogP contribution >= 0.6 is 12.0 Å². The van der Waals surface area contributed by atoms with Crippen molar-refractivity contribution in [3.05, 3.63) is 0 Å². The van der Waals surface area contributed by atoms with Crippen molar-refractivity contribution in [3.63, 3.8) is 0 Å². The average Bonchev–Trinajstić information content (AvgIpc) is 1.85. The van der Waals surface area contributed by atoms with Gasteiger partial charge in [0.1, 0.15) is 6.29 Å². The van der Waals surface area contributed by atoms with E-state index >= 15 is 0 Å². The van der Waals surface area contributed by atoms with Crippen LogP contribution in [0.2, 0.25) is 0 Å². The summed E-state index contributed by atoms with van der Waals surface area (Å²) in [6.07, 6.45) is -4.39. The first-order valence-corrected chi connectivity index (χ1v) is 3.29. The van der Waals surface area contributed by atoms with Crippen LogP contribution in [0, 0.1) is 0 Å². The fraction of sp³-hybridized carbons (Fsp3) is 0.750. The molecule has 0 spiro atoms. The van der Waals surface area contributed by atoms with Crippen molar-refractivity contribution >= 4 is 18.3 Å². The second-order valence-electron chi connectivity index (χ2n) is 1.53. The second-order valence-corrected chi connectivity index (χ2v) is 2.61. The van der Waals surface area contributed by atoms with Gasteiger partial charge in [-0.2, -0.15) is 4.33 Å². The number of carbonyl (C=O) groups excluding carboxylic acids is 1. The van der Waals surface area contributed by atoms with E-state index in [-0.39, 0.29) is 0 Å². The molecule has 0 aromatic rings. The van der Waals surface area contributed by atoms with E-state index in [0.29, 0.717) is 18.3 Å². The van der Waals surface area contributed by atoms with E-state index in [9.17, 15) is 18.0 Å². The predicted molar refractivity (Wildman–Crippen MR) is 31.3 cm³/mol. The highest BCUT2D eigenvalue weighted by atomic mass is 32.2. The summed E-state index contributed by atoms with van der Waals surface area (Å²) in [5.74, 6) is 0.